The van der Waals surface area contributed by atoms with Crippen LogP contribution in [-0.4, -0.2) is 29.6 Å². The highest BCUT2D eigenvalue weighted by molar-refractivity contribution is 5.83. The number of carboxylic acids is 1. The lowest BCUT2D eigenvalue weighted by atomic mass is 9.84. The van der Waals surface area contributed by atoms with Crippen molar-refractivity contribution in [2.24, 2.45) is 17.1 Å². The second-order valence-electron chi connectivity index (χ2n) is 5.33. The van der Waals surface area contributed by atoms with E-state index in [0.29, 0.717) is 6.54 Å². The first-order valence-corrected chi connectivity index (χ1v) is 6.12. The average Bonchev–Trinajstić information content (AvgIpc) is 2.56. The van der Waals surface area contributed by atoms with Crippen LogP contribution in [0.2, 0.25) is 0 Å². The number of carboxylic acid groups (broad SMARTS) is 1. The largest absolute Gasteiger partial charge is 0.481 e. The molecule has 0 spiro atoms. The average molecular weight is 242 g/mol. The van der Waals surface area contributed by atoms with E-state index >= 15 is 0 Å². The standard InChI is InChI=1S/C12H22N2O3/c1-8(6-10(15)16)7-14-11(17)12(2)5-3-4-9(12)13/h8-9H,3-7,13H2,1-2H3,(H,14,17)(H,15,16). The molecule has 0 bridgehead atoms. The van der Waals surface area contributed by atoms with Crippen molar-refractivity contribution in [1.29, 1.82) is 0 Å². The lowest BCUT2D eigenvalue weighted by molar-refractivity contribution is -0.138. The molecule has 1 aliphatic carbocycles. The van der Waals surface area contributed by atoms with Crippen LogP contribution in [0.1, 0.15) is 39.5 Å². The van der Waals surface area contributed by atoms with E-state index in [1.165, 1.54) is 0 Å². The molecule has 0 heterocycles. The zero-order valence-electron chi connectivity index (χ0n) is 10.5. The summed E-state index contributed by atoms with van der Waals surface area (Å²) in [6, 6.07) is -0.0859. The molecular formula is C12H22N2O3. The van der Waals surface area contributed by atoms with Gasteiger partial charge in [0.2, 0.25) is 5.91 Å². The summed E-state index contributed by atoms with van der Waals surface area (Å²) in [6.45, 7) is 4.10. The van der Waals surface area contributed by atoms with Gasteiger partial charge in [-0.1, -0.05) is 13.3 Å². The lowest BCUT2D eigenvalue weighted by Gasteiger charge is -2.28. The molecule has 0 aromatic heterocycles. The third-order valence-electron chi connectivity index (χ3n) is 3.68. The third kappa shape index (κ3) is 3.43. The predicted molar refractivity (Wildman–Crippen MR) is 64.4 cm³/mol. The molecule has 0 aromatic carbocycles. The third-order valence-corrected chi connectivity index (χ3v) is 3.68. The predicted octanol–water partition coefficient (Wildman–Crippen LogP) is 0.731. The Hall–Kier alpha value is -1.10. The highest BCUT2D eigenvalue weighted by atomic mass is 16.4. The number of rotatable bonds is 5. The first-order chi connectivity index (χ1) is 7.86. The number of nitrogens with one attached hydrogen (secondary N) is 1. The molecule has 1 fully saturated rings. The molecule has 17 heavy (non-hydrogen) atoms. The quantitative estimate of drug-likeness (QED) is 0.662. The van der Waals surface area contributed by atoms with Gasteiger partial charge in [-0.25, -0.2) is 0 Å². The first-order valence-electron chi connectivity index (χ1n) is 6.12. The van der Waals surface area contributed by atoms with Gasteiger partial charge in [0.05, 0.1) is 5.41 Å². The minimum Gasteiger partial charge on any atom is -0.481 e. The molecule has 0 saturated heterocycles. The molecule has 1 aliphatic rings. The fraction of sp³-hybridized carbons (Fsp3) is 0.833. The molecule has 98 valence electrons. The van der Waals surface area contributed by atoms with Crippen molar-refractivity contribution in [3.8, 4) is 0 Å². The van der Waals surface area contributed by atoms with Crippen molar-refractivity contribution >= 4 is 11.9 Å². The second kappa shape index (κ2) is 5.49. The van der Waals surface area contributed by atoms with Crippen LogP contribution in [0.4, 0.5) is 0 Å². The van der Waals surface area contributed by atoms with Gasteiger partial charge in [0.15, 0.2) is 0 Å². The van der Waals surface area contributed by atoms with Gasteiger partial charge < -0.3 is 16.2 Å². The van der Waals surface area contributed by atoms with Crippen molar-refractivity contribution in [2.75, 3.05) is 6.54 Å². The minimum atomic E-state index is -0.837. The Balaban J connectivity index is 2.42. The smallest absolute Gasteiger partial charge is 0.303 e. The Bertz CT molecular complexity index is 306. The van der Waals surface area contributed by atoms with Crippen LogP contribution in [0.5, 0.6) is 0 Å². The zero-order chi connectivity index (χ0) is 13.1. The topological polar surface area (TPSA) is 92.4 Å². The van der Waals surface area contributed by atoms with E-state index in [0.717, 1.165) is 19.3 Å². The van der Waals surface area contributed by atoms with Crippen molar-refractivity contribution in [3.05, 3.63) is 0 Å². The molecule has 3 unspecified atom stereocenters. The molecular weight excluding hydrogens is 220 g/mol. The monoisotopic (exact) mass is 242 g/mol. The van der Waals surface area contributed by atoms with Crippen LogP contribution in [0, 0.1) is 11.3 Å². The van der Waals surface area contributed by atoms with Gasteiger partial charge in [-0.15, -0.1) is 0 Å². The maximum absolute atomic E-state index is 12.0. The highest BCUT2D eigenvalue weighted by Gasteiger charge is 2.42. The zero-order valence-corrected chi connectivity index (χ0v) is 10.5. The van der Waals surface area contributed by atoms with Crippen molar-refractivity contribution in [3.63, 3.8) is 0 Å². The van der Waals surface area contributed by atoms with Gasteiger partial charge in [0.1, 0.15) is 0 Å². The normalized spacial score (nSPS) is 29.9. The summed E-state index contributed by atoms with van der Waals surface area (Å²) in [5, 5.41) is 11.4. The number of hydrogen-bond acceptors (Lipinski definition) is 3. The summed E-state index contributed by atoms with van der Waals surface area (Å²) in [5.74, 6) is -0.937. The molecule has 1 rings (SSSR count). The van der Waals surface area contributed by atoms with E-state index in [9.17, 15) is 9.59 Å². The van der Waals surface area contributed by atoms with Crippen molar-refractivity contribution < 1.29 is 14.7 Å². The molecule has 0 radical (unpaired) electrons. The lowest BCUT2D eigenvalue weighted by Crippen LogP contribution is -2.48. The Labute approximate surface area is 102 Å². The van der Waals surface area contributed by atoms with Crippen molar-refractivity contribution in [2.45, 2.75) is 45.6 Å². The van der Waals surface area contributed by atoms with Gasteiger partial charge >= 0.3 is 5.97 Å². The van der Waals surface area contributed by atoms with E-state index in [2.05, 4.69) is 5.32 Å². The maximum atomic E-state index is 12.0. The molecule has 5 nitrogen and oxygen atoms in total. The Morgan fingerprint density at radius 1 is 1.59 bits per heavy atom. The molecule has 1 amide bonds. The fourth-order valence-electron chi connectivity index (χ4n) is 2.31. The summed E-state index contributed by atoms with van der Waals surface area (Å²) in [5.41, 5.74) is 5.46. The summed E-state index contributed by atoms with van der Waals surface area (Å²) < 4.78 is 0. The van der Waals surface area contributed by atoms with Crippen LogP contribution >= 0.6 is 0 Å². The van der Waals surface area contributed by atoms with Crippen LogP contribution in [0.3, 0.4) is 0 Å². The molecule has 4 N–H and O–H groups in total. The highest BCUT2D eigenvalue weighted by Crippen LogP contribution is 2.36. The van der Waals surface area contributed by atoms with Gasteiger partial charge in [-0.2, -0.15) is 0 Å². The Morgan fingerprint density at radius 3 is 2.71 bits per heavy atom. The van der Waals surface area contributed by atoms with Crippen LogP contribution in [0.15, 0.2) is 0 Å². The van der Waals surface area contributed by atoms with E-state index in [1.54, 1.807) is 0 Å². The van der Waals surface area contributed by atoms with Crippen LogP contribution in [0.25, 0.3) is 0 Å². The molecule has 0 aliphatic heterocycles. The van der Waals surface area contributed by atoms with Gasteiger partial charge in [0, 0.05) is 19.0 Å². The number of nitrogens with two attached hydrogens (primary N) is 1. The summed E-state index contributed by atoms with van der Waals surface area (Å²) in [4.78, 5) is 22.5. The molecule has 3 atom stereocenters. The number of amides is 1. The minimum absolute atomic E-state index is 0.0419. The number of aliphatic carboxylic acids is 1. The van der Waals surface area contributed by atoms with E-state index in [-0.39, 0.29) is 24.3 Å². The van der Waals surface area contributed by atoms with Crippen LogP contribution < -0.4 is 11.1 Å². The van der Waals surface area contributed by atoms with E-state index < -0.39 is 11.4 Å². The summed E-state index contributed by atoms with van der Waals surface area (Å²) in [6.07, 6.45) is 2.75. The van der Waals surface area contributed by atoms with Gasteiger partial charge in [-0.3, -0.25) is 9.59 Å². The van der Waals surface area contributed by atoms with Crippen molar-refractivity contribution in [1.82, 2.24) is 5.32 Å². The second-order valence-corrected chi connectivity index (χ2v) is 5.33. The van der Waals surface area contributed by atoms with Gasteiger partial charge in [-0.05, 0) is 25.7 Å². The molecule has 1 saturated carbocycles. The SMILES string of the molecule is CC(CNC(=O)C1(C)CCCC1N)CC(=O)O. The van der Waals surface area contributed by atoms with Crippen LogP contribution in [-0.2, 0) is 9.59 Å². The molecule has 5 heteroatoms. The fourth-order valence-corrected chi connectivity index (χ4v) is 2.31. The maximum Gasteiger partial charge on any atom is 0.303 e. The Morgan fingerprint density at radius 2 is 2.24 bits per heavy atom. The van der Waals surface area contributed by atoms with E-state index in [1.807, 2.05) is 13.8 Å². The number of hydrogen-bond donors (Lipinski definition) is 3. The first kappa shape index (κ1) is 14.0. The molecule has 0 aromatic rings. The number of carbonyl (C=O) groups excluding carboxylic acids is 1. The number of carbonyl (C=O) groups is 2. The van der Waals surface area contributed by atoms with E-state index in [4.69, 9.17) is 10.8 Å². The summed E-state index contributed by atoms with van der Waals surface area (Å²) in [7, 11) is 0. The summed E-state index contributed by atoms with van der Waals surface area (Å²) >= 11 is 0. The Kier molecular flexibility index (Phi) is 4.51. The van der Waals surface area contributed by atoms with Gasteiger partial charge in [0.25, 0.3) is 0 Å².